The maximum absolute atomic E-state index is 13.7. The molecule has 0 spiro atoms. The van der Waals surface area contributed by atoms with Gasteiger partial charge in [0.25, 0.3) is 11.8 Å². The Balaban J connectivity index is 1.60. The second-order valence-electron chi connectivity index (χ2n) is 11.0. The maximum Gasteiger partial charge on any atom is 0.253 e. The number of imide groups is 1. The van der Waals surface area contributed by atoms with Crippen LogP contribution in [0.4, 0.5) is 5.69 Å². The van der Waals surface area contributed by atoms with Gasteiger partial charge in [-0.15, -0.1) is 0 Å². The predicted molar refractivity (Wildman–Crippen MR) is 165 cm³/mol. The van der Waals surface area contributed by atoms with Crippen LogP contribution in [-0.4, -0.2) is 52.0 Å². The van der Waals surface area contributed by atoms with Crippen LogP contribution in [0, 0.1) is 5.92 Å². The van der Waals surface area contributed by atoms with Crippen LogP contribution in [0.3, 0.4) is 0 Å². The first-order valence-electron chi connectivity index (χ1n) is 15.2. The number of benzene rings is 2. The van der Waals surface area contributed by atoms with Crippen molar-refractivity contribution >= 4 is 35.1 Å². The zero-order valence-corrected chi connectivity index (χ0v) is 24.9. The predicted octanol–water partition coefficient (Wildman–Crippen LogP) is 4.49. The number of aliphatic hydroxyl groups is 1. The average molecular weight is 590 g/mol. The van der Waals surface area contributed by atoms with E-state index in [0.717, 1.165) is 30.4 Å². The number of carbonyl (C=O) groups is 5. The van der Waals surface area contributed by atoms with Crippen molar-refractivity contribution in [1.82, 2.24) is 10.2 Å². The highest BCUT2D eigenvalue weighted by Crippen LogP contribution is 2.20. The molecule has 2 aromatic rings. The van der Waals surface area contributed by atoms with Gasteiger partial charge in [0.15, 0.2) is 5.78 Å². The first-order chi connectivity index (χ1) is 20.8. The van der Waals surface area contributed by atoms with Crippen LogP contribution >= 0.6 is 0 Å². The van der Waals surface area contributed by atoms with Gasteiger partial charge in [0.05, 0.1) is 12.6 Å². The van der Waals surface area contributed by atoms with Crippen molar-refractivity contribution in [2.75, 3.05) is 11.9 Å². The van der Waals surface area contributed by atoms with E-state index in [1.807, 2.05) is 30.3 Å². The number of ketones is 1. The molecule has 0 aromatic heterocycles. The molecule has 43 heavy (non-hydrogen) atoms. The molecule has 230 valence electrons. The molecule has 9 nitrogen and oxygen atoms in total. The van der Waals surface area contributed by atoms with Crippen molar-refractivity contribution in [2.45, 2.75) is 83.8 Å². The SMILES string of the molecule is CCCCCC(CC(=O)[C@H](Cc1ccccc1)NC(=O)CCCCCN1C(=O)C=CC1=O)C(=O)Nc1ccc(CO)cc1. The number of nitrogens with one attached hydrogen (secondary N) is 2. The number of rotatable bonds is 19. The number of anilines is 1. The first kappa shape index (κ1) is 33.4. The number of carbonyl (C=O) groups excluding carboxylic acids is 5. The van der Waals surface area contributed by atoms with E-state index in [-0.39, 0.29) is 48.9 Å². The van der Waals surface area contributed by atoms with E-state index in [2.05, 4.69) is 17.6 Å². The van der Waals surface area contributed by atoms with Crippen molar-refractivity contribution in [1.29, 1.82) is 0 Å². The number of Topliss-reactive ketones (excluding diaryl/α,β-unsaturated/α-hetero) is 1. The number of amides is 4. The normalized spacial score (nSPS) is 14.0. The lowest BCUT2D eigenvalue weighted by atomic mass is 9.90. The second-order valence-corrected chi connectivity index (χ2v) is 11.0. The first-order valence-corrected chi connectivity index (χ1v) is 15.2. The smallest absolute Gasteiger partial charge is 0.253 e. The lowest BCUT2D eigenvalue weighted by Gasteiger charge is -2.22. The van der Waals surface area contributed by atoms with Gasteiger partial charge in [-0.25, -0.2) is 0 Å². The van der Waals surface area contributed by atoms with Crippen molar-refractivity contribution in [3.8, 4) is 0 Å². The Hall–Kier alpha value is -4.11. The molecule has 0 saturated carbocycles. The molecule has 0 bridgehead atoms. The quantitative estimate of drug-likeness (QED) is 0.163. The summed E-state index contributed by atoms with van der Waals surface area (Å²) >= 11 is 0. The van der Waals surface area contributed by atoms with E-state index in [0.29, 0.717) is 44.3 Å². The summed E-state index contributed by atoms with van der Waals surface area (Å²) in [6.07, 6.45) is 8.16. The molecule has 0 fully saturated rings. The number of unbranched alkanes of at least 4 members (excludes halogenated alkanes) is 4. The highest BCUT2D eigenvalue weighted by Gasteiger charge is 2.28. The Kier molecular flexibility index (Phi) is 13.8. The third-order valence-corrected chi connectivity index (χ3v) is 7.57. The minimum Gasteiger partial charge on any atom is -0.392 e. The summed E-state index contributed by atoms with van der Waals surface area (Å²) in [6.45, 7) is 2.31. The van der Waals surface area contributed by atoms with Crippen LogP contribution in [0.15, 0.2) is 66.7 Å². The van der Waals surface area contributed by atoms with Gasteiger partial charge in [0.2, 0.25) is 11.8 Å². The molecule has 0 aliphatic carbocycles. The summed E-state index contributed by atoms with van der Waals surface area (Å²) in [7, 11) is 0. The Labute approximate surface area is 253 Å². The number of aliphatic hydroxyl groups excluding tert-OH is 1. The molecule has 1 heterocycles. The highest BCUT2D eigenvalue weighted by atomic mass is 16.3. The van der Waals surface area contributed by atoms with Gasteiger partial charge < -0.3 is 15.7 Å². The van der Waals surface area contributed by atoms with Gasteiger partial charge in [-0.3, -0.25) is 28.9 Å². The number of hydrogen-bond acceptors (Lipinski definition) is 6. The van der Waals surface area contributed by atoms with E-state index in [4.69, 9.17) is 0 Å². The van der Waals surface area contributed by atoms with Crippen LogP contribution < -0.4 is 10.6 Å². The molecule has 9 heteroatoms. The van der Waals surface area contributed by atoms with E-state index in [9.17, 15) is 29.1 Å². The van der Waals surface area contributed by atoms with Gasteiger partial charge >= 0.3 is 0 Å². The molecule has 4 amide bonds. The van der Waals surface area contributed by atoms with Crippen LogP contribution in [0.5, 0.6) is 0 Å². The Morgan fingerprint density at radius 2 is 1.53 bits per heavy atom. The standard InChI is InChI=1S/C34H43N3O6/c1-2-3-6-13-27(34(43)35-28-17-15-26(24-38)16-18-28)23-30(39)29(22-25-11-7-4-8-12-25)36-31(40)14-9-5-10-21-37-32(41)19-20-33(37)42/h4,7-8,11-12,15-20,27,29,38H,2-3,5-6,9-10,13-14,21-24H2,1H3,(H,35,43)(H,36,40)/t27?,29-/m0/s1. The van der Waals surface area contributed by atoms with Gasteiger partial charge in [0.1, 0.15) is 0 Å². The van der Waals surface area contributed by atoms with Crippen LogP contribution in [0.2, 0.25) is 0 Å². The molecule has 0 radical (unpaired) electrons. The summed E-state index contributed by atoms with van der Waals surface area (Å²) in [5, 5.41) is 15.1. The van der Waals surface area contributed by atoms with Crippen molar-refractivity contribution in [3.63, 3.8) is 0 Å². The molecule has 2 atom stereocenters. The molecule has 1 aliphatic rings. The maximum atomic E-state index is 13.7. The molecule has 3 rings (SSSR count). The van der Waals surface area contributed by atoms with E-state index >= 15 is 0 Å². The number of hydrogen-bond donors (Lipinski definition) is 3. The van der Waals surface area contributed by atoms with E-state index < -0.39 is 12.0 Å². The van der Waals surface area contributed by atoms with E-state index in [1.54, 1.807) is 24.3 Å². The van der Waals surface area contributed by atoms with Crippen LogP contribution in [0.25, 0.3) is 0 Å². The molecular weight excluding hydrogens is 546 g/mol. The minimum absolute atomic E-state index is 0.00792. The summed E-state index contributed by atoms with van der Waals surface area (Å²) in [6, 6.07) is 15.6. The molecule has 1 unspecified atom stereocenters. The van der Waals surface area contributed by atoms with Crippen molar-refractivity contribution in [3.05, 3.63) is 77.9 Å². The third kappa shape index (κ3) is 11.2. The zero-order valence-electron chi connectivity index (χ0n) is 24.9. The fourth-order valence-electron chi connectivity index (χ4n) is 5.03. The van der Waals surface area contributed by atoms with Gasteiger partial charge in [-0.05, 0) is 48.9 Å². The summed E-state index contributed by atoms with van der Waals surface area (Å²) in [4.78, 5) is 64.4. The van der Waals surface area contributed by atoms with Crippen LogP contribution in [0.1, 0.15) is 75.8 Å². The Bertz CT molecular complexity index is 1240. The fraction of sp³-hybridized carbons (Fsp3) is 0.441. The summed E-state index contributed by atoms with van der Waals surface area (Å²) in [5.74, 6) is -1.85. The molecule has 1 aliphatic heterocycles. The fourth-order valence-corrected chi connectivity index (χ4v) is 5.03. The van der Waals surface area contributed by atoms with Crippen molar-refractivity contribution in [2.24, 2.45) is 5.92 Å². The summed E-state index contributed by atoms with van der Waals surface area (Å²) < 4.78 is 0. The van der Waals surface area contributed by atoms with Gasteiger partial charge in [-0.2, -0.15) is 0 Å². The lowest BCUT2D eigenvalue weighted by Crippen LogP contribution is -2.43. The Morgan fingerprint density at radius 1 is 0.837 bits per heavy atom. The Morgan fingerprint density at radius 3 is 2.19 bits per heavy atom. The van der Waals surface area contributed by atoms with Gasteiger partial charge in [0, 0.05) is 43.1 Å². The molecular formula is C34H43N3O6. The van der Waals surface area contributed by atoms with Gasteiger partial charge in [-0.1, -0.05) is 75.1 Å². The number of nitrogens with zero attached hydrogens (tertiary/aromatic N) is 1. The van der Waals surface area contributed by atoms with Crippen LogP contribution in [-0.2, 0) is 37.0 Å². The second kappa shape index (κ2) is 17.8. The molecule has 2 aromatic carbocycles. The zero-order chi connectivity index (χ0) is 31.0. The highest BCUT2D eigenvalue weighted by molar-refractivity contribution is 6.12. The average Bonchev–Trinajstić information content (AvgIpc) is 3.33. The third-order valence-electron chi connectivity index (χ3n) is 7.57. The lowest BCUT2D eigenvalue weighted by molar-refractivity contribution is -0.137. The van der Waals surface area contributed by atoms with Crippen molar-refractivity contribution < 1.29 is 29.1 Å². The molecule has 0 saturated heterocycles. The molecule has 3 N–H and O–H groups in total. The minimum atomic E-state index is -0.772. The topological polar surface area (TPSA) is 133 Å². The monoisotopic (exact) mass is 589 g/mol. The summed E-state index contributed by atoms with van der Waals surface area (Å²) in [5.41, 5.74) is 2.24. The van der Waals surface area contributed by atoms with E-state index in [1.165, 1.54) is 17.1 Å². The largest absolute Gasteiger partial charge is 0.392 e.